The molecule has 12 unspecified atom stereocenters. The third-order valence-electron chi connectivity index (χ3n) is 16.7. The van der Waals surface area contributed by atoms with Crippen LogP contribution >= 0.6 is 0 Å². The molecule has 2 aliphatic heterocycles. The smallest absolute Gasteiger partial charge is 0.220 e. The summed E-state index contributed by atoms with van der Waals surface area (Å²) in [5, 5.41) is 87.6. The molecule has 0 aromatic rings. The lowest BCUT2D eigenvalue weighted by atomic mass is 9.97. The first-order chi connectivity index (χ1) is 41.1. The molecule has 14 heteroatoms. The molecule has 2 saturated heterocycles. The number of nitrogens with one attached hydrogen (secondary N) is 1. The Morgan fingerprint density at radius 1 is 0.440 bits per heavy atom. The molecule has 84 heavy (non-hydrogen) atoms. The van der Waals surface area contributed by atoms with E-state index < -0.39 is 86.8 Å². The second kappa shape index (κ2) is 54.8. The van der Waals surface area contributed by atoms with Crippen molar-refractivity contribution in [1.29, 1.82) is 0 Å². The van der Waals surface area contributed by atoms with E-state index in [4.69, 9.17) is 18.9 Å². The molecule has 2 heterocycles. The number of aliphatic hydroxyl groups is 8. The van der Waals surface area contributed by atoms with Gasteiger partial charge in [-0.2, -0.15) is 0 Å². The number of carbonyl (C=O) groups is 1. The number of amides is 1. The van der Waals surface area contributed by atoms with E-state index in [-0.39, 0.29) is 12.5 Å². The van der Waals surface area contributed by atoms with Crippen LogP contribution in [0.1, 0.15) is 284 Å². The minimum absolute atomic E-state index is 0.205. The summed E-state index contributed by atoms with van der Waals surface area (Å²) in [6.45, 7) is 2.78. The SMILES string of the molecule is CC/C=C\C/C=C\C/C=C\C/C=C\C/C=C\CCCCCCCCCCCCCCCCCC(=O)NC(COC1OC(CO)C(OC2OC(CO)C(O)C(O)C2O)C(O)C1O)C(O)CCCCCCCCCCCCCCCCCCCCC. The maximum absolute atomic E-state index is 13.3. The number of hydrogen-bond acceptors (Lipinski definition) is 13. The van der Waals surface area contributed by atoms with Gasteiger partial charge in [0.1, 0.15) is 48.8 Å². The van der Waals surface area contributed by atoms with Crippen LogP contribution in [0.4, 0.5) is 0 Å². The van der Waals surface area contributed by atoms with Crippen LogP contribution in [-0.4, -0.2) is 140 Å². The molecule has 0 radical (unpaired) electrons. The Morgan fingerprint density at radius 2 is 0.821 bits per heavy atom. The van der Waals surface area contributed by atoms with Gasteiger partial charge in [0.25, 0.3) is 0 Å². The quantitative estimate of drug-likeness (QED) is 0.0204. The number of aliphatic hydroxyl groups excluding tert-OH is 8. The first kappa shape index (κ1) is 77.8. The Hall–Kier alpha value is -2.31. The van der Waals surface area contributed by atoms with Crippen LogP contribution in [0.2, 0.25) is 0 Å². The van der Waals surface area contributed by atoms with Crippen LogP contribution in [-0.2, 0) is 23.7 Å². The van der Waals surface area contributed by atoms with E-state index in [1.807, 2.05) is 0 Å². The number of unbranched alkanes of at least 4 members (excludes halogenated alkanes) is 33. The van der Waals surface area contributed by atoms with Crippen molar-refractivity contribution < 1.29 is 64.6 Å². The van der Waals surface area contributed by atoms with Crippen molar-refractivity contribution in [3.05, 3.63) is 60.8 Å². The van der Waals surface area contributed by atoms with Crippen molar-refractivity contribution in [1.82, 2.24) is 5.32 Å². The average molecular weight is 1190 g/mol. The fraction of sp³-hybridized carbons (Fsp3) is 0.843. The van der Waals surface area contributed by atoms with Gasteiger partial charge < -0.3 is 65.1 Å². The Labute approximate surface area is 511 Å². The summed E-state index contributed by atoms with van der Waals surface area (Å²) in [6.07, 6.45) is 55.1. The minimum atomic E-state index is -1.78. The maximum atomic E-state index is 13.3. The van der Waals surface area contributed by atoms with E-state index in [0.29, 0.717) is 12.8 Å². The summed E-state index contributed by atoms with van der Waals surface area (Å²) in [5.74, 6) is -0.205. The topological polar surface area (TPSA) is 228 Å². The second-order valence-electron chi connectivity index (χ2n) is 24.3. The van der Waals surface area contributed by atoms with E-state index >= 15 is 0 Å². The molecule has 14 nitrogen and oxygen atoms in total. The third kappa shape index (κ3) is 38.9. The Morgan fingerprint density at radius 3 is 1.26 bits per heavy atom. The second-order valence-corrected chi connectivity index (χ2v) is 24.3. The summed E-state index contributed by atoms with van der Waals surface area (Å²) < 4.78 is 22.9. The van der Waals surface area contributed by atoms with Gasteiger partial charge in [0.15, 0.2) is 12.6 Å². The molecule has 0 spiro atoms. The molecule has 2 aliphatic rings. The maximum Gasteiger partial charge on any atom is 0.220 e. The van der Waals surface area contributed by atoms with E-state index in [1.165, 1.54) is 173 Å². The zero-order valence-corrected chi connectivity index (χ0v) is 53.1. The lowest BCUT2D eigenvalue weighted by molar-refractivity contribution is -0.359. The molecule has 12 atom stereocenters. The minimum Gasteiger partial charge on any atom is -0.394 e. The Balaban J connectivity index is 1.65. The lowest BCUT2D eigenvalue weighted by Crippen LogP contribution is -2.65. The Kier molecular flexibility index (Phi) is 50.8. The van der Waals surface area contributed by atoms with E-state index in [0.717, 1.165) is 83.5 Å². The van der Waals surface area contributed by atoms with Crippen molar-refractivity contribution in [2.75, 3.05) is 19.8 Å². The van der Waals surface area contributed by atoms with Crippen LogP contribution in [0, 0.1) is 0 Å². The Bertz CT molecular complexity index is 1640. The normalized spacial score (nSPS) is 24.0. The largest absolute Gasteiger partial charge is 0.394 e. The molecule has 0 aromatic carbocycles. The zero-order chi connectivity index (χ0) is 60.9. The highest BCUT2D eigenvalue weighted by atomic mass is 16.7. The van der Waals surface area contributed by atoms with Crippen molar-refractivity contribution in [3.63, 3.8) is 0 Å². The van der Waals surface area contributed by atoms with Crippen molar-refractivity contribution in [2.45, 2.75) is 357 Å². The lowest BCUT2D eigenvalue weighted by Gasteiger charge is -2.46. The van der Waals surface area contributed by atoms with Gasteiger partial charge in [0.05, 0.1) is 32.0 Å². The van der Waals surface area contributed by atoms with Gasteiger partial charge in [0.2, 0.25) is 5.91 Å². The highest BCUT2D eigenvalue weighted by Gasteiger charge is 2.51. The fourth-order valence-electron chi connectivity index (χ4n) is 11.3. The summed E-state index contributed by atoms with van der Waals surface area (Å²) >= 11 is 0. The van der Waals surface area contributed by atoms with Gasteiger partial charge in [0, 0.05) is 6.42 Å². The molecule has 0 saturated carbocycles. The summed E-state index contributed by atoms with van der Waals surface area (Å²) in [5.41, 5.74) is 0. The molecule has 0 bridgehead atoms. The molecular formula is C70H127NO13. The zero-order valence-electron chi connectivity index (χ0n) is 53.1. The number of allylic oxidation sites excluding steroid dienone is 10. The molecule has 490 valence electrons. The highest BCUT2D eigenvalue weighted by molar-refractivity contribution is 5.76. The predicted octanol–water partition coefficient (Wildman–Crippen LogP) is 13.7. The van der Waals surface area contributed by atoms with Crippen LogP contribution in [0.5, 0.6) is 0 Å². The average Bonchev–Trinajstić information content (AvgIpc) is 3.18. The molecule has 0 aromatic heterocycles. The van der Waals surface area contributed by atoms with Crippen molar-refractivity contribution >= 4 is 5.91 Å². The van der Waals surface area contributed by atoms with Gasteiger partial charge >= 0.3 is 0 Å². The number of carbonyl (C=O) groups excluding carboxylic acids is 1. The molecule has 0 aliphatic carbocycles. The number of ether oxygens (including phenoxy) is 4. The molecular weight excluding hydrogens is 1060 g/mol. The van der Waals surface area contributed by atoms with E-state index in [2.05, 4.69) is 79.9 Å². The highest BCUT2D eigenvalue weighted by Crippen LogP contribution is 2.30. The molecule has 2 fully saturated rings. The van der Waals surface area contributed by atoms with E-state index in [1.54, 1.807) is 0 Å². The summed E-state index contributed by atoms with van der Waals surface area (Å²) in [6, 6.07) is -0.831. The molecule has 2 rings (SSSR count). The van der Waals surface area contributed by atoms with Crippen LogP contribution < -0.4 is 5.32 Å². The van der Waals surface area contributed by atoms with Gasteiger partial charge in [-0.3, -0.25) is 4.79 Å². The first-order valence-corrected chi connectivity index (χ1v) is 34.5. The fourth-order valence-corrected chi connectivity index (χ4v) is 11.3. The first-order valence-electron chi connectivity index (χ1n) is 34.5. The number of hydrogen-bond donors (Lipinski definition) is 9. The van der Waals surface area contributed by atoms with Gasteiger partial charge in [-0.15, -0.1) is 0 Å². The third-order valence-corrected chi connectivity index (χ3v) is 16.7. The van der Waals surface area contributed by atoms with Crippen LogP contribution in [0.3, 0.4) is 0 Å². The van der Waals surface area contributed by atoms with Crippen LogP contribution in [0.25, 0.3) is 0 Å². The van der Waals surface area contributed by atoms with Gasteiger partial charge in [-0.05, 0) is 57.8 Å². The molecule has 9 N–H and O–H groups in total. The summed E-state index contributed by atoms with van der Waals surface area (Å²) in [4.78, 5) is 13.3. The predicted molar refractivity (Wildman–Crippen MR) is 341 cm³/mol. The molecule has 1 amide bonds. The van der Waals surface area contributed by atoms with Crippen LogP contribution in [0.15, 0.2) is 60.8 Å². The van der Waals surface area contributed by atoms with Crippen molar-refractivity contribution in [2.24, 2.45) is 0 Å². The van der Waals surface area contributed by atoms with Gasteiger partial charge in [-0.1, -0.05) is 280 Å². The number of rotatable bonds is 56. The summed E-state index contributed by atoms with van der Waals surface area (Å²) in [7, 11) is 0. The van der Waals surface area contributed by atoms with E-state index in [9.17, 15) is 45.6 Å². The van der Waals surface area contributed by atoms with Crippen molar-refractivity contribution in [3.8, 4) is 0 Å². The monoisotopic (exact) mass is 1190 g/mol. The van der Waals surface area contributed by atoms with Gasteiger partial charge in [-0.25, -0.2) is 0 Å². The standard InChI is InChI=1S/C70H127NO13/c1-3-5-7-9-11-13-15-17-19-21-23-24-25-26-27-28-29-30-31-32-33-34-36-38-40-42-44-46-48-50-52-54-62(75)71-58(59(74)53-51-49-47-45-43-41-39-37-35-22-20-18-16-14-12-10-8-6-4-2)57-81-69-67(80)65(78)68(61(56-73)83-69)84-70-66(79)64(77)63(76)60(55-72)82-70/h5,7,11,13,17,19,23-24,26-27,58-61,63-70,72-74,76-80H,3-4,6,8-10,12,14-16,18,20-22,25,28-57H2,1-2H3,(H,71,75)/b7-5-,13-11-,19-17-,24-23-,27-26-.